The van der Waals surface area contributed by atoms with Gasteiger partial charge in [0.05, 0.1) is 6.42 Å². The van der Waals surface area contributed by atoms with Crippen molar-refractivity contribution in [2.45, 2.75) is 18.2 Å². The summed E-state index contributed by atoms with van der Waals surface area (Å²) < 4.78 is 27.0. The molecule has 0 spiro atoms. The molecule has 0 bridgehead atoms. The minimum Gasteiger partial charge on any atom is -0.312 e. The molecule has 6 nitrogen and oxygen atoms in total. The Morgan fingerprint density at radius 1 is 1.32 bits per heavy atom. The molecule has 2 heterocycles. The lowest BCUT2D eigenvalue weighted by Gasteiger charge is -2.15. The fourth-order valence-corrected chi connectivity index (χ4v) is 3.53. The van der Waals surface area contributed by atoms with Crippen LogP contribution in [0.4, 0.5) is 11.4 Å². The van der Waals surface area contributed by atoms with Gasteiger partial charge in [0, 0.05) is 30.3 Å². The standard InChI is InChI=1S/C15H15N3O3S/c1-2-18-14-6-5-12(8-11(14)9-15(18)19)17-22(20,21)13-4-3-7-16-10-13/h3-8,10,17H,2,9H2,1H3. The molecule has 1 amide bonds. The van der Waals surface area contributed by atoms with Crippen LogP contribution >= 0.6 is 0 Å². The van der Waals surface area contributed by atoms with E-state index in [1.165, 1.54) is 18.5 Å². The number of hydrogen-bond acceptors (Lipinski definition) is 4. The second-order valence-corrected chi connectivity index (χ2v) is 6.63. The van der Waals surface area contributed by atoms with Crippen molar-refractivity contribution < 1.29 is 13.2 Å². The molecule has 1 aromatic heterocycles. The second kappa shape index (κ2) is 5.42. The lowest BCUT2D eigenvalue weighted by molar-refractivity contribution is -0.117. The largest absolute Gasteiger partial charge is 0.312 e. The maximum Gasteiger partial charge on any atom is 0.263 e. The Bertz CT molecular complexity index is 819. The van der Waals surface area contributed by atoms with Crippen LogP contribution in [0.25, 0.3) is 0 Å². The summed E-state index contributed by atoms with van der Waals surface area (Å²) in [4.78, 5) is 17.5. The van der Waals surface area contributed by atoms with Gasteiger partial charge < -0.3 is 4.90 Å². The molecule has 3 rings (SSSR count). The number of hydrogen-bond donors (Lipinski definition) is 1. The minimum atomic E-state index is -3.67. The third kappa shape index (κ3) is 2.55. The van der Waals surface area contributed by atoms with Crippen molar-refractivity contribution in [1.82, 2.24) is 4.98 Å². The van der Waals surface area contributed by atoms with E-state index in [0.717, 1.165) is 11.3 Å². The third-order valence-corrected chi connectivity index (χ3v) is 4.89. The number of carbonyl (C=O) groups is 1. The molecule has 0 radical (unpaired) electrons. The molecular formula is C15H15N3O3S. The van der Waals surface area contributed by atoms with Crippen LogP contribution in [0, 0.1) is 0 Å². The van der Waals surface area contributed by atoms with Gasteiger partial charge in [0.15, 0.2) is 0 Å². The number of benzene rings is 1. The van der Waals surface area contributed by atoms with E-state index < -0.39 is 10.0 Å². The molecule has 22 heavy (non-hydrogen) atoms. The van der Waals surface area contributed by atoms with Crippen LogP contribution in [0.15, 0.2) is 47.6 Å². The first kappa shape index (κ1) is 14.5. The fourth-order valence-electron chi connectivity index (χ4n) is 2.51. The molecule has 0 fully saturated rings. The summed E-state index contributed by atoms with van der Waals surface area (Å²) in [7, 11) is -3.67. The van der Waals surface area contributed by atoms with Crippen LogP contribution in [0.1, 0.15) is 12.5 Å². The van der Waals surface area contributed by atoms with Gasteiger partial charge in [0.25, 0.3) is 10.0 Å². The normalized spacial score (nSPS) is 14.0. The lowest BCUT2D eigenvalue weighted by atomic mass is 10.1. The number of nitrogens with one attached hydrogen (secondary N) is 1. The summed E-state index contributed by atoms with van der Waals surface area (Å²) in [6, 6.07) is 8.18. The number of nitrogens with zero attached hydrogens (tertiary/aromatic N) is 2. The van der Waals surface area contributed by atoms with E-state index >= 15 is 0 Å². The highest BCUT2D eigenvalue weighted by molar-refractivity contribution is 7.92. The van der Waals surface area contributed by atoms with E-state index in [1.807, 2.05) is 6.92 Å². The predicted octanol–water partition coefficient (Wildman–Crippen LogP) is 1.79. The summed E-state index contributed by atoms with van der Waals surface area (Å²) in [5, 5.41) is 0. The topological polar surface area (TPSA) is 79.4 Å². The Morgan fingerprint density at radius 2 is 2.14 bits per heavy atom. The molecule has 1 aliphatic heterocycles. The highest BCUT2D eigenvalue weighted by atomic mass is 32.2. The zero-order valence-electron chi connectivity index (χ0n) is 12.0. The van der Waals surface area contributed by atoms with Gasteiger partial charge in [-0.25, -0.2) is 8.42 Å². The predicted molar refractivity (Wildman–Crippen MR) is 83.2 cm³/mol. The monoisotopic (exact) mass is 317 g/mol. The van der Waals surface area contributed by atoms with Crippen LogP contribution in [-0.2, 0) is 21.2 Å². The molecular weight excluding hydrogens is 302 g/mol. The van der Waals surface area contributed by atoms with Crippen molar-refractivity contribution in [2.24, 2.45) is 0 Å². The van der Waals surface area contributed by atoms with Gasteiger partial charge in [-0.15, -0.1) is 0 Å². The van der Waals surface area contributed by atoms with E-state index in [9.17, 15) is 13.2 Å². The highest BCUT2D eigenvalue weighted by Crippen LogP contribution is 2.31. The van der Waals surface area contributed by atoms with Gasteiger partial charge in [0.2, 0.25) is 5.91 Å². The lowest BCUT2D eigenvalue weighted by Crippen LogP contribution is -2.25. The number of anilines is 2. The maximum atomic E-state index is 12.3. The van der Waals surface area contributed by atoms with Crippen LogP contribution in [-0.4, -0.2) is 25.9 Å². The summed E-state index contributed by atoms with van der Waals surface area (Å²) in [5.41, 5.74) is 2.11. The van der Waals surface area contributed by atoms with Gasteiger partial charge >= 0.3 is 0 Å². The highest BCUT2D eigenvalue weighted by Gasteiger charge is 2.26. The fraction of sp³-hybridized carbons (Fsp3) is 0.200. The van der Waals surface area contributed by atoms with Gasteiger partial charge in [-0.3, -0.25) is 14.5 Å². The van der Waals surface area contributed by atoms with Crippen molar-refractivity contribution in [3.8, 4) is 0 Å². The van der Waals surface area contributed by atoms with Crippen LogP contribution in [0.5, 0.6) is 0 Å². The van der Waals surface area contributed by atoms with Gasteiger partial charge in [-0.2, -0.15) is 0 Å². The first-order valence-electron chi connectivity index (χ1n) is 6.87. The smallest absolute Gasteiger partial charge is 0.263 e. The van der Waals surface area contributed by atoms with E-state index in [4.69, 9.17) is 0 Å². The zero-order chi connectivity index (χ0) is 15.7. The molecule has 0 atom stereocenters. The summed E-state index contributed by atoms with van der Waals surface area (Å²) in [6.07, 6.45) is 3.10. The average Bonchev–Trinajstić information content (AvgIpc) is 2.82. The van der Waals surface area contributed by atoms with Crippen LogP contribution in [0.2, 0.25) is 0 Å². The number of carbonyl (C=O) groups excluding carboxylic acids is 1. The number of likely N-dealkylation sites (N-methyl/N-ethyl adjacent to an activating group) is 1. The second-order valence-electron chi connectivity index (χ2n) is 4.95. The van der Waals surface area contributed by atoms with Crippen molar-refractivity contribution >= 4 is 27.3 Å². The number of amides is 1. The van der Waals surface area contributed by atoms with Crippen molar-refractivity contribution in [3.05, 3.63) is 48.3 Å². The van der Waals surface area contributed by atoms with Gasteiger partial charge in [-0.05, 0) is 42.8 Å². The van der Waals surface area contributed by atoms with E-state index in [2.05, 4.69) is 9.71 Å². The number of rotatable bonds is 4. The van der Waals surface area contributed by atoms with Crippen molar-refractivity contribution in [1.29, 1.82) is 0 Å². The van der Waals surface area contributed by atoms with Crippen LogP contribution < -0.4 is 9.62 Å². The molecule has 1 aliphatic rings. The Balaban J connectivity index is 1.90. The number of sulfonamides is 1. The molecule has 0 saturated heterocycles. The first-order chi connectivity index (χ1) is 10.5. The van der Waals surface area contributed by atoms with E-state index in [-0.39, 0.29) is 10.8 Å². The molecule has 2 aromatic rings. The SMILES string of the molecule is CCN1C(=O)Cc2cc(NS(=O)(=O)c3cccnc3)ccc21. The summed E-state index contributed by atoms with van der Waals surface area (Å²) >= 11 is 0. The molecule has 114 valence electrons. The van der Waals surface area contributed by atoms with Crippen LogP contribution in [0.3, 0.4) is 0 Å². The minimum absolute atomic E-state index is 0.0322. The molecule has 0 saturated carbocycles. The number of fused-ring (bicyclic) bond motifs is 1. The Kier molecular flexibility index (Phi) is 3.58. The summed E-state index contributed by atoms with van der Waals surface area (Å²) in [6.45, 7) is 2.51. The molecule has 7 heteroatoms. The van der Waals surface area contributed by atoms with E-state index in [0.29, 0.717) is 18.7 Å². The first-order valence-corrected chi connectivity index (χ1v) is 8.35. The molecule has 0 unspecified atom stereocenters. The Hall–Kier alpha value is -2.41. The van der Waals surface area contributed by atoms with Crippen molar-refractivity contribution in [3.63, 3.8) is 0 Å². The van der Waals surface area contributed by atoms with E-state index in [1.54, 1.807) is 29.2 Å². The number of aromatic nitrogens is 1. The van der Waals surface area contributed by atoms with Crippen molar-refractivity contribution in [2.75, 3.05) is 16.2 Å². The zero-order valence-corrected chi connectivity index (χ0v) is 12.8. The molecule has 1 aromatic carbocycles. The number of pyridine rings is 1. The average molecular weight is 317 g/mol. The molecule has 1 N–H and O–H groups in total. The summed E-state index contributed by atoms with van der Waals surface area (Å²) in [5.74, 6) is 0.0322. The third-order valence-electron chi connectivity index (χ3n) is 3.53. The van der Waals surface area contributed by atoms with Gasteiger partial charge in [0.1, 0.15) is 4.90 Å². The quantitative estimate of drug-likeness (QED) is 0.932. The Labute approximate surface area is 128 Å². The van der Waals surface area contributed by atoms with Gasteiger partial charge in [-0.1, -0.05) is 0 Å². The Morgan fingerprint density at radius 3 is 2.82 bits per heavy atom. The molecule has 0 aliphatic carbocycles. The maximum absolute atomic E-state index is 12.3.